The molecule has 1 amide bonds. The van der Waals surface area contributed by atoms with E-state index < -0.39 is 0 Å². The third kappa shape index (κ3) is 4.87. The van der Waals surface area contributed by atoms with E-state index in [1.807, 2.05) is 29.2 Å². The minimum absolute atomic E-state index is 0.172. The summed E-state index contributed by atoms with van der Waals surface area (Å²) in [6.45, 7) is 3.49. The zero-order valence-corrected chi connectivity index (χ0v) is 14.3. The molecule has 1 atom stereocenters. The van der Waals surface area contributed by atoms with Crippen LogP contribution in [0.3, 0.4) is 0 Å². The Morgan fingerprint density at radius 2 is 1.96 bits per heavy atom. The molecule has 24 heavy (non-hydrogen) atoms. The van der Waals surface area contributed by atoms with Gasteiger partial charge in [0.25, 0.3) is 0 Å². The van der Waals surface area contributed by atoms with Crippen molar-refractivity contribution < 1.29 is 14.3 Å². The van der Waals surface area contributed by atoms with Crippen molar-refractivity contribution in [2.45, 2.75) is 44.6 Å². The molecule has 2 aliphatic heterocycles. The molecular formula is C19H28N2O3. The van der Waals surface area contributed by atoms with Crippen LogP contribution in [-0.2, 0) is 9.53 Å². The molecule has 1 N–H and O–H groups in total. The second-order valence-electron chi connectivity index (χ2n) is 6.59. The highest BCUT2D eigenvalue weighted by molar-refractivity contribution is 5.81. The standard InChI is InChI=1S/C19H28N2O3/c22-19(21-11-5-1-2-6-12-21)14-20-17-9-3-4-10-18(17)24-15-16-8-7-13-23-16/h3-4,9-10,16,20H,1-2,5-8,11-15H2. The van der Waals surface area contributed by atoms with Crippen molar-refractivity contribution in [3.63, 3.8) is 0 Å². The van der Waals surface area contributed by atoms with Gasteiger partial charge in [-0.25, -0.2) is 0 Å². The second-order valence-corrected chi connectivity index (χ2v) is 6.59. The van der Waals surface area contributed by atoms with Gasteiger partial charge in [-0.05, 0) is 37.8 Å². The molecule has 0 aromatic heterocycles. The van der Waals surface area contributed by atoms with Crippen molar-refractivity contribution in [2.75, 3.05) is 38.2 Å². The number of likely N-dealkylation sites (tertiary alicyclic amines) is 1. The molecule has 0 aliphatic carbocycles. The third-order valence-electron chi connectivity index (χ3n) is 4.72. The number of benzene rings is 1. The molecule has 0 saturated carbocycles. The Bertz CT molecular complexity index is 521. The van der Waals surface area contributed by atoms with Crippen LogP contribution in [0.1, 0.15) is 38.5 Å². The smallest absolute Gasteiger partial charge is 0.241 e. The van der Waals surface area contributed by atoms with Crippen LogP contribution in [0.2, 0.25) is 0 Å². The van der Waals surface area contributed by atoms with E-state index in [1.54, 1.807) is 0 Å². The van der Waals surface area contributed by atoms with E-state index in [0.29, 0.717) is 13.2 Å². The fraction of sp³-hybridized carbons (Fsp3) is 0.632. The van der Waals surface area contributed by atoms with Crippen molar-refractivity contribution >= 4 is 11.6 Å². The van der Waals surface area contributed by atoms with Gasteiger partial charge in [0.1, 0.15) is 12.4 Å². The van der Waals surface area contributed by atoms with E-state index in [9.17, 15) is 4.79 Å². The van der Waals surface area contributed by atoms with E-state index in [0.717, 1.165) is 56.8 Å². The largest absolute Gasteiger partial charge is 0.489 e. The number of carbonyl (C=O) groups excluding carboxylic acids is 1. The first-order chi connectivity index (χ1) is 11.8. The Hall–Kier alpha value is -1.75. The summed E-state index contributed by atoms with van der Waals surface area (Å²) in [6.07, 6.45) is 7.06. The van der Waals surface area contributed by atoms with Crippen molar-refractivity contribution in [3.8, 4) is 5.75 Å². The van der Waals surface area contributed by atoms with Crippen LogP contribution >= 0.6 is 0 Å². The summed E-state index contributed by atoms with van der Waals surface area (Å²) in [7, 11) is 0. The van der Waals surface area contributed by atoms with Gasteiger partial charge in [-0.2, -0.15) is 0 Å². The number of nitrogens with one attached hydrogen (secondary N) is 1. The molecule has 2 aliphatic rings. The van der Waals surface area contributed by atoms with Crippen LogP contribution in [0.25, 0.3) is 0 Å². The maximum absolute atomic E-state index is 12.4. The predicted octanol–water partition coefficient (Wildman–Crippen LogP) is 3.06. The van der Waals surface area contributed by atoms with E-state index in [1.165, 1.54) is 12.8 Å². The van der Waals surface area contributed by atoms with Crippen molar-refractivity contribution in [3.05, 3.63) is 24.3 Å². The van der Waals surface area contributed by atoms with Gasteiger partial charge in [0, 0.05) is 19.7 Å². The van der Waals surface area contributed by atoms with Crippen LogP contribution in [-0.4, -0.2) is 49.8 Å². The molecule has 0 radical (unpaired) electrons. The lowest BCUT2D eigenvalue weighted by Crippen LogP contribution is -2.36. The number of anilines is 1. The Kier molecular flexibility index (Phi) is 6.35. The summed E-state index contributed by atoms with van der Waals surface area (Å²) >= 11 is 0. The second kappa shape index (κ2) is 8.92. The number of hydrogen-bond acceptors (Lipinski definition) is 4. The van der Waals surface area contributed by atoms with Crippen LogP contribution in [0, 0.1) is 0 Å². The molecule has 0 bridgehead atoms. The topological polar surface area (TPSA) is 50.8 Å². The van der Waals surface area contributed by atoms with Crippen molar-refractivity contribution in [1.29, 1.82) is 0 Å². The first-order valence-electron chi connectivity index (χ1n) is 9.18. The minimum Gasteiger partial charge on any atom is -0.489 e. The van der Waals surface area contributed by atoms with Gasteiger partial charge in [0.05, 0.1) is 18.3 Å². The Morgan fingerprint density at radius 3 is 2.71 bits per heavy atom. The summed E-state index contributed by atoms with van der Waals surface area (Å²) < 4.78 is 11.5. The fourth-order valence-corrected chi connectivity index (χ4v) is 3.30. The zero-order valence-electron chi connectivity index (χ0n) is 14.3. The van der Waals surface area contributed by atoms with Crippen LogP contribution in [0.4, 0.5) is 5.69 Å². The van der Waals surface area contributed by atoms with E-state index in [4.69, 9.17) is 9.47 Å². The number of ether oxygens (including phenoxy) is 2. The molecule has 1 aromatic carbocycles. The van der Waals surface area contributed by atoms with Crippen LogP contribution in [0.5, 0.6) is 5.75 Å². The SMILES string of the molecule is O=C(CNc1ccccc1OCC1CCCO1)N1CCCCCC1. The molecule has 3 rings (SSSR count). The average Bonchev–Trinajstić information content (AvgIpc) is 2.98. The van der Waals surface area contributed by atoms with Gasteiger partial charge in [-0.3, -0.25) is 4.79 Å². The fourth-order valence-electron chi connectivity index (χ4n) is 3.30. The maximum Gasteiger partial charge on any atom is 0.241 e. The van der Waals surface area contributed by atoms with E-state index in [2.05, 4.69) is 5.32 Å². The predicted molar refractivity (Wildman–Crippen MR) is 94.4 cm³/mol. The molecule has 2 fully saturated rings. The Morgan fingerprint density at radius 1 is 1.17 bits per heavy atom. The maximum atomic E-state index is 12.4. The van der Waals surface area contributed by atoms with Crippen LogP contribution in [0.15, 0.2) is 24.3 Å². The molecule has 2 saturated heterocycles. The lowest BCUT2D eigenvalue weighted by Gasteiger charge is -2.21. The third-order valence-corrected chi connectivity index (χ3v) is 4.72. The lowest BCUT2D eigenvalue weighted by atomic mass is 10.2. The van der Waals surface area contributed by atoms with Crippen LogP contribution < -0.4 is 10.1 Å². The first kappa shape index (κ1) is 17.1. The summed E-state index contributed by atoms with van der Waals surface area (Å²) in [6, 6.07) is 7.80. The molecule has 5 heteroatoms. The van der Waals surface area contributed by atoms with Gasteiger partial charge < -0.3 is 19.7 Å². The first-order valence-corrected chi connectivity index (χ1v) is 9.18. The van der Waals surface area contributed by atoms with E-state index in [-0.39, 0.29) is 12.0 Å². The molecule has 2 heterocycles. The molecule has 1 aromatic rings. The highest BCUT2D eigenvalue weighted by Gasteiger charge is 2.18. The van der Waals surface area contributed by atoms with Gasteiger partial charge in [-0.15, -0.1) is 0 Å². The number of nitrogens with zero attached hydrogens (tertiary/aromatic N) is 1. The molecule has 5 nitrogen and oxygen atoms in total. The quantitative estimate of drug-likeness (QED) is 0.870. The van der Waals surface area contributed by atoms with Crippen molar-refractivity contribution in [1.82, 2.24) is 4.90 Å². The summed E-state index contributed by atoms with van der Waals surface area (Å²) in [5.41, 5.74) is 0.874. The van der Waals surface area contributed by atoms with E-state index >= 15 is 0 Å². The van der Waals surface area contributed by atoms with Gasteiger partial charge >= 0.3 is 0 Å². The zero-order chi connectivity index (χ0) is 16.6. The Labute approximate surface area is 144 Å². The van der Waals surface area contributed by atoms with Crippen molar-refractivity contribution in [2.24, 2.45) is 0 Å². The highest BCUT2D eigenvalue weighted by Crippen LogP contribution is 2.25. The molecule has 1 unspecified atom stereocenters. The average molecular weight is 332 g/mol. The minimum atomic E-state index is 0.172. The number of carbonyl (C=O) groups is 1. The normalized spacial score (nSPS) is 21.3. The highest BCUT2D eigenvalue weighted by atomic mass is 16.5. The summed E-state index contributed by atoms with van der Waals surface area (Å²) in [5.74, 6) is 0.961. The number of rotatable bonds is 6. The van der Waals surface area contributed by atoms with Gasteiger partial charge in [0.2, 0.25) is 5.91 Å². The molecule has 0 spiro atoms. The number of amides is 1. The van der Waals surface area contributed by atoms with Gasteiger partial charge in [0.15, 0.2) is 0 Å². The lowest BCUT2D eigenvalue weighted by molar-refractivity contribution is -0.129. The summed E-state index contributed by atoms with van der Waals surface area (Å²) in [4.78, 5) is 14.4. The Balaban J connectivity index is 1.51. The molecule has 132 valence electrons. The monoisotopic (exact) mass is 332 g/mol. The summed E-state index contributed by atoms with van der Waals surface area (Å²) in [5, 5.41) is 3.25. The molecular weight excluding hydrogens is 304 g/mol. The number of hydrogen-bond donors (Lipinski definition) is 1. The number of para-hydroxylation sites is 2. The van der Waals surface area contributed by atoms with Gasteiger partial charge in [-0.1, -0.05) is 25.0 Å².